The van der Waals surface area contributed by atoms with Crippen LogP contribution in [0.4, 0.5) is 5.13 Å². The van der Waals surface area contributed by atoms with E-state index in [1.54, 1.807) is 13.8 Å². The van der Waals surface area contributed by atoms with E-state index in [4.69, 9.17) is 0 Å². The molecular weight excluding hydrogens is 352 g/mol. The molecule has 0 saturated carbocycles. The van der Waals surface area contributed by atoms with Gasteiger partial charge in [-0.25, -0.2) is 0 Å². The molecule has 0 spiro atoms. The maximum Gasteiger partial charge on any atom is 0.249 e. The minimum atomic E-state index is -1.14. The molecule has 0 aromatic carbocycles. The predicted molar refractivity (Wildman–Crippen MR) is 104 cm³/mol. The second-order valence-electron chi connectivity index (χ2n) is 7.32. The zero-order valence-electron chi connectivity index (χ0n) is 16.2. The predicted octanol–water partition coefficient (Wildman–Crippen LogP) is 2.63. The second-order valence-corrected chi connectivity index (χ2v) is 8.29. The Morgan fingerprint density at radius 1 is 1.31 bits per heavy atom. The van der Waals surface area contributed by atoms with E-state index in [1.165, 1.54) is 11.3 Å². The first-order chi connectivity index (χ1) is 12.1. The number of carbonyl (C=O) groups excluding carboxylic acids is 2. The van der Waals surface area contributed by atoms with Crippen molar-refractivity contribution in [2.24, 2.45) is 5.92 Å². The first-order valence-corrected chi connectivity index (χ1v) is 9.68. The number of hydrogen-bond donors (Lipinski definition) is 3. The van der Waals surface area contributed by atoms with Gasteiger partial charge in [-0.3, -0.25) is 14.9 Å². The number of aliphatic hydroxyl groups excluding tert-OH is 1. The lowest BCUT2D eigenvalue weighted by Gasteiger charge is -2.20. The minimum Gasteiger partial charge on any atom is -0.383 e. The summed E-state index contributed by atoms with van der Waals surface area (Å²) in [5.41, 5.74) is -0.208. The third-order valence-corrected chi connectivity index (χ3v) is 5.20. The molecule has 0 saturated heterocycles. The Morgan fingerprint density at radius 3 is 2.50 bits per heavy atom. The molecule has 146 valence electrons. The van der Waals surface area contributed by atoms with Gasteiger partial charge in [-0.05, 0) is 18.8 Å². The number of carbonyl (C=O) groups is 2. The largest absolute Gasteiger partial charge is 0.383 e. The molecular formula is C18H30N4O3S. The number of nitrogens with zero attached hydrogens (tertiary/aromatic N) is 2. The van der Waals surface area contributed by atoms with Gasteiger partial charge in [0.15, 0.2) is 0 Å². The summed E-state index contributed by atoms with van der Waals surface area (Å²) < 4.78 is 0. The number of rotatable bonds is 10. The molecule has 1 aromatic heterocycles. The standard InChI is InChI=1S/C18H30N4O3S/c1-7-9-12(19-15(25)13(23)11(3)4)14(24)20-17-22-21-16(26-17)18(5,6)10-8-2/h8,11-13,23H,2,7,9-10H2,1,3-6H3,(H,19,25)(H,20,22,24). The quantitative estimate of drug-likeness (QED) is 0.540. The summed E-state index contributed by atoms with van der Waals surface area (Å²) in [6.07, 6.45) is 2.61. The van der Waals surface area contributed by atoms with Crippen molar-refractivity contribution >= 4 is 28.3 Å². The van der Waals surface area contributed by atoms with Crippen LogP contribution >= 0.6 is 11.3 Å². The lowest BCUT2D eigenvalue weighted by Crippen LogP contribution is -2.48. The normalized spacial score (nSPS) is 14.0. The Kier molecular flexibility index (Phi) is 8.36. The zero-order valence-corrected chi connectivity index (χ0v) is 17.0. The molecule has 8 heteroatoms. The van der Waals surface area contributed by atoms with Crippen molar-refractivity contribution in [3.05, 3.63) is 17.7 Å². The highest BCUT2D eigenvalue weighted by molar-refractivity contribution is 7.15. The van der Waals surface area contributed by atoms with E-state index < -0.39 is 18.1 Å². The molecule has 0 fully saturated rings. The van der Waals surface area contributed by atoms with Gasteiger partial charge in [-0.1, -0.05) is 58.5 Å². The van der Waals surface area contributed by atoms with Crippen molar-refractivity contribution in [1.29, 1.82) is 0 Å². The summed E-state index contributed by atoms with van der Waals surface area (Å²) in [4.78, 5) is 24.6. The molecule has 1 aromatic rings. The summed E-state index contributed by atoms with van der Waals surface area (Å²) in [5.74, 6) is -1.13. The molecule has 1 rings (SSSR count). The molecule has 2 atom stereocenters. The van der Waals surface area contributed by atoms with Crippen LogP contribution in [0.1, 0.15) is 58.9 Å². The van der Waals surface area contributed by atoms with E-state index in [1.807, 2.05) is 26.8 Å². The van der Waals surface area contributed by atoms with Crippen molar-refractivity contribution < 1.29 is 14.7 Å². The Morgan fingerprint density at radius 2 is 1.96 bits per heavy atom. The van der Waals surface area contributed by atoms with Crippen LogP contribution < -0.4 is 10.6 Å². The van der Waals surface area contributed by atoms with Gasteiger partial charge >= 0.3 is 0 Å². The Bertz CT molecular complexity index is 628. The van der Waals surface area contributed by atoms with Crippen LogP contribution in [0.3, 0.4) is 0 Å². The number of hydrogen-bond acceptors (Lipinski definition) is 6. The molecule has 0 bridgehead atoms. The maximum absolute atomic E-state index is 12.5. The van der Waals surface area contributed by atoms with Gasteiger partial charge in [0, 0.05) is 5.41 Å². The fraction of sp³-hybridized carbons (Fsp3) is 0.667. The van der Waals surface area contributed by atoms with E-state index in [0.717, 1.165) is 11.4 Å². The first-order valence-electron chi connectivity index (χ1n) is 8.86. The third-order valence-electron chi connectivity index (χ3n) is 4.00. The SMILES string of the molecule is C=CCC(C)(C)c1nnc(NC(=O)C(CCC)NC(=O)C(O)C(C)C)s1. The van der Waals surface area contributed by atoms with Gasteiger partial charge in [0.25, 0.3) is 0 Å². The molecule has 26 heavy (non-hydrogen) atoms. The topological polar surface area (TPSA) is 104 Å². The molecule has 0 aliphatic heterocycles. The van der Waals surface area contributed by atoms with Gasteiger partial charge in [0.2, 0.25) is 16.9 Å². The Balaban J connectivity index is 2.80. The second kappa shape index (κ2) is 9.78. The molecule has 0 aliphatic carbocycles. The molecule has 3 N–H and O–H groups in total. The highest BCUT2D eigenvalue weighted by atomic mass is 32.1. The number of anilines is 1. The van der Waals surface area contributed by atoms with Crippen molar-refractivity contribution in [3.8, 4) is 0 Å². The zero-order chi connectivity index (χ0) is 19.9. The van der Waals surface area contributed by atoms with Crippen molar-refractivity contribution in [2.75, 3.05) is 5.32 Å². The van der Waals surface area contributed by atoms with Crippen molar-refractivity contribution in [3.63, 3.8) is 0 Å². The van der Waals surface area contributed by atoms with E-state index in [2.05, 4.69) is 27.4 Å². The van der Waals surface area contributed by atoms with Crippen LogP contribution in [0.2, 0.25) is 0 Å². The summed E-state index contributed by atoms with van der Waals surface area (Å²) >= 11 is 1.31. The van der Waals surface area contributed by atoms with Crippen LogP contribution in [-0.2, 0) is 15.0 Å². The van der Waals surface area contributed by atoms with Crippen molar-refractivity contribution in [1.82, 2.24) is 15.5 Å². The molecule has 7 nitrogen and oxygen atoms in total. The fourth-order valence-corrected chi connectivity index (χ4v) is 3.16. The Hall–Kier alpha value is -1.80. The highest BCUT2D eigenvalue weighted by Crippen LogP contribution is 2.31. The van der Waals surface area contributed by atoms with Crippen LogP contribution in [0.5, 0.6) is 0 Å². The number of amides is 2. The smallest absolute Gasteiger partial charge is 0.249 e. The maximum atomic E-state index is 12.5. The van der Waals surface area contributed by atoms with E-state index in [-0.39, 0.29) is 17.2 Å². The number of aromatic nitrogens is 2. The molecule has 0 aliphatic rings. The van der Waals surface area contributed by atoms with E-state index in [9.17, 15) is 14.7 Å². The minimum absolute atomic E-state index is 0.208. The number of aliphatic hydroxyl groups is 1. The molecule has 1 heterocycles. The van der Waals surface area contributed by atoms with Crippen LogP contribution in [0.25, 0.3) is 0 Å². The lowest BCUT2D eigenvalue weighted by atomic mass is 9.90. The van der Waals surface area contributed by atoms with Gasteiger partial charge in [0.05, 0.1) is 0 Å². The van der Waals surface area contributed by atoms with Gasteiger partial charge in [0.1, 0.15) is 17.2 Å². The van der Waals surface area contributed by atoms with Gasteiger partial charge < -0.3 is 10.4 Å². The van der Waals surface area contributed by atoms with Crippen LogP contribution in [-0.4, -0.2) is 39.3 Å². The molecule has 0 radical (unpaired) electrons. The first kappa shape index (κ1) is 22.2. The Labute approximate surface area is 159 Å². The molecule has 2 unspecified atom stereocenters. The van der Waals surface area contributed by atoms with E-state index in [0.29, 0.717) is 18.0 Å². The van der Waals surface area contributed by atoms with Crippen LogP contribution in [0.15, 0.2) is 12.7 Å². The van der Waals surface area contributed by atoms with Crippen LogP contribution in [0, 0.1) is 5.92 Å². The van der Waals surface area contributed by atoms with Gasteiger partial charge in [-0.15, -0.1) is 16.8 Å². The number of allylic oxidation sites excluding steroid dienone is 1. The summed E-state index contributed by atoms with van der Waals surface area (Å²) in [6.45, 7) is 13.2. The molecule has 2 amide bonds. The summed E-state index contributed by atoms with van der Waals surface area (Å²) in [5, 5.41) is 24.6. The number of nitrogens with one attached hydrogen (secondary N) is 2. The van der Waals surface area contributed by atoms with Crippen molar-refractivity contribution in [2.45, 2.75) is 71.4 Å². The summed E-state index contributed by atoms with van der Waals surface area (Å²) in [7, 11) is 0. The highest BCUT2D eigenvalue weighted by Gasteiger charge is 2.28. The average Bonchev–Trinajstić information content (AvgIpc) is 3.02. The average molecular weight is 383 g/mol. The lowest BCUT2D eigenvalue weighted by molar-refractivity contribution is -0.134. The summed E-state index contributed by atoms with van der Waals surface area (Å²) in [6, 6.07) is -0.727. The van der Waals surface area contributed by atoms with E-state index >= 15 is 0 Å². The third kappa shape index (κ3) is 6.17. The fourth-order valence-electron chi connectivity index (χ4n) is 2.31. The monoisotopic (exact) mass is 382 g/mol. The van der Waals surface area contributed by atoms with Gasteiger partial charge in [-0.2, -0.15) is 0 Å².